The molecule has 6 nitrogen and oxygen atoms in total. The van der Waals surface area contributed by atoms with E-state index in [9.17, 15) is 14.0 Å². The third kappa shape index (κ3) is 7.29. The van der Waals surface area contributed by atoms with E-state index >= 15 is 0 Å². The van der Waals surface area contributed by atoms with Gasteiger partial charge in [0.25, 0.3) is 5.91 Å². The molecule has 0 radical (unpaired) electrons. The molecular weight excluding hydrogens is 433 g/mol. The maximum absolute atomic E-state index is 13.4. The summed E-state index contributed by atoms with van der Waals surface area (Å²) >= 11 is 0. The second kappa shape index (κ2) is 11.0. The molecule has 0 aliphatic carbocycles. The quantitative estimate of drug-likeness (QED) is 0.585. The van der Waals surface area contributed by atoms with Gasteiger partial charge in [-0.3, -0.25) is 9.59 Å². The van der Waals surface area contributed by atoms with Gasteiger partial charge in [0, 0.05) is 57.2 Å². The molecule has 2 amide bonds. The number of hydrogen-bond acceptors (Lipinski definition) is 4. The molecular formula is C27H36FN3O3. The van der Waals surface area contributed by atoms with Crippen LogP contribution in [-0.2, 0) is 16.1 Å². The Labute approximate surface area is 202 Å². The Bertz CT molecular complexity index is 993. The zero-order chi connectivity index (χ0) is 24.9. The molecule has 1 unspecified atom stereocenters. The summed E-state index contributed by atoms with van der Waals surface area (Å²) in [5.74, 6) is -0.604. The van der Waals surface area contributed by atoms with Crippen molar-refractivity contribution in [3.8, 4) is 0 Å². The lowest BCUT2D eigenvalue weighted by molar-refractivity contribution is -0.117. The maximum Gasteiger partial charge on any atom is 0.254 e. The molecule has 2 aromatic rings. The number of carbonyl (C=O) groups is 2. The second-order valence-electron chi connectivity index (χ2n) is 10.4. The lowest BCUT2D eigenvalue weighted by Gasteiger charge is -2.28. The summed E-state index contributed by atoms with van der Waals surface area (Å²) in [6, 6.07) is 11.4. The van der Waals surface area contributed by atoms with Gasteiger partial charge in [0.2, 0.25) is 5.91 Å². The zero-order valence-electron chi connectivity index (χ0n) is 20.9. The summed E-state index contributed by atoms with van der Waals surface area (Å²) in [5.41, 5.74) is 2.88. The number of rotatable bonds is 8. The van der Waals surface area contributed by atoms with E-state index in [4.69, 9.17) is 4.74 Å². The minimum absolute atomic E-state index is 0.0260. The SMILES string of the molecule is CN(C)c1ccc(NC(=O)CC(C)(C)C)cc1CN(CC1CCCO1)C(=O)c1ccc(F)cc1. The van der Waals surface area contributed by atoms with Crippen LogP contribution in [-0.4, -0.2) is 50.1 Å². The van der Waals surface area contributed by atoms with Gasteiger partial charge in [0.15, 0.2) is 0 Å². The molecule has 7 heteroatoms. The Kier molecular flexibility index (Phi) is 8.31. The number of nitrogens with one attached hydrogen (secondary N) is 1. The van der Waals surface area contributed by atoms with Crippen molar-refractivity contribution < 1.29 is 18.7 Å². The van der Waals surface area contributed by atoms with E-state index in [1.165, 1.54) is 24.3 Å². The molecule has 0 saturated carbocycles. The van der Waals surface area contributed by atoms with Gasteiger partial charge < -0.3 is 19.9 Å². The van der Waals surface area contributed by atoms with E-state index in [-0.39, 0.29) is 29.2 Å². The van der Waals surface area contributed by atoms with Crippen molar-refractivity contribution in [3.05, 3.63) is 59.4 Å². The number of nitrogens with zero attached hydrogens (tertiary/aromatic N) is 2. The number of anilines is 2. The van der Waals surface area contributed by atoms with Crippen LogP contribution >= 0.6 is 0 Å². The van der Waals surface area contributed by atoms with Gasteiger partial charge in [-0.25, -0.2) is 4.39 Å². The van der Waals surface area contributed by atoms with E-state index in [0.29, 0.717) is 37.4 Å². The van der Waals surface area contributed by atoms with Gasteiger partial charge in [-0.2, -0.15) is 0 Å². The third-order valence-corrected chi connectivity index (χ3v) is 5.72. The van der Waals surface area contributed by atoms with Crippen LogP contribution < -0.4 is 10.2 Å². The van der Waals surface area contributed by atoms with Gasteiger partial charge >= 0.3 is 0 Å². The zero-order valence-corrected chi connectivity index (χ0v) is 20.9. The predicted octanol–water partition coefficient (Wildman–Crippen LogP) is 5.09. The lowest BCUT2D eigenvalue weighted by Crippen LogP contribution is -2.37. The molecule has 1 atom stereocenters. The fraction of sp³-hybridized carbons (Fsp3) is 0.481. The van der Waals surface area contributed by atoms with Crippen LogP contribution in [0.1, 0.15) is 56.0 Å². The normalized spacial score (nSPS) is 15.8. The Balaban J connectivity index is 1.88. The van der Waals surface area contributed by atoms with Gasteiger partial charge in [-0.15, -0.1) is 0 Å². The highest BCUT2D eigenvalue weighted by atomic mass is 19.1. The summed E-state index contributed by atoms with van der Waals surface area (Å²) < 4.78 is 19.2. The van der Waals surface area contributed by atoms with Crippen LogP contribution in [0.4, 0.5) is 15.8 Å². The fourth-order valence-corrected chi connectivity index (χ4v) is 4.15. The Morgan fingerprint density at radius 1 is 1.12 bits per heavy atom. The number of carbonyl (C=O) groups excluding carboxylic acids is 2. The molecule has 0 spiro atoms. The molecule has 0 bridgehead atoms. The highest BCUT2D eigenvalue weighted by Gasteiger charge is 2.25. The first kappa shape index (κ1) is 25.7. The van der Waals surface area contributed by atoms with Gasteiger partial charge in [0.05, 0.1) is 6.10 Å². The molecule has 34 heavy (non-hydrogen) atoms. The predicted molar refractivity (Wildman–Crippen MR) is 134 cm³/mol. The Morgan fingerprint density at radius 3 is 2.41 bits per heavy atom. The van der Waals surface area contributed by atoms with E-state index in [0.717, 1.165) is 24.1 Å². The highest BCUT2D eigenvalue weighted by Crippen LogP contribution is 2.27. The van der Waals surface area contributed by atoms with Gasteiger partial charge in [-0.05, 0) is 66.3 Å². The number of hydrogen-bond donors (Lipinski definition) is 1. The largest absolute Gasteiger partial charge is 0.377 e. The van der Waals surface area contributed by atoms with Crippen LogP contribution in [0.25, 0.3) is 0 Å². The average Bonchev–Trinajstić information content (AvgIpc) is 3.25. The number of ether oxygens (including phenoxy) is 1. The number of amides is 2. The van der Waals surface area contributed by atoms with Crippen molar-refractivity contribution in [2.45, 2.75) is 52.7 Å². The average molecular weight is 470 g/mol. The minimum atomic E-state index is -0.379. The molecule has 0 aromatic heterocycles. The summed E-state index contributed by atoms with van der Waals surface area (Å²) in [4.78, 5) is 29.7. The van der Waals surface area contributed by atoms with E-state index in [2.05, 4.69) is 5.32 Å². The summed E-state index contributed by atoms with van der Waals surface area (Å²) in [7, 11) is 3.89. The van der Waals surface area contributed by atoms with Crippen molar-refractivity contribution in [3.63, 3.8) is 0 Å². The monoisotopic (exact) mass is 469 g/mol. The molecule has 184 valence electrons. The van der Waals surface area contributed by atoms with E-state index < -0.39 is 0 Å². The van der Waals surface area contributed by atoms with Crippen molar-refractivity contribution in [1.82, 2.24) is 4.90 Å². The van der Waals surface area contributed by atoms with Crippen LogP contribution in [0.15, 0.2) is 42.5 Å². The number of halogens is 1. The molecule has 1 saturated heterocycles. The highest BCUT2D eigenvalue weighted by molar-refractivity contribution is 5.94. The molecule has 2 aromatic carbocycles. The number of benzene rings is 2. The lowest BCUT2D eigenvalue weighted by atomic mass is 9.92. The first-order valence-corrected chi connectivity index (χ1v) is 11.8. The Hall–Kier alpha value is -2.93. The van der Waals surface area contributed by atoms with Crippen LogP contribution in [0, 0.1) is 11.2 Å². The molecule has 1 fully saturated rings. The van der Waals surface area contributed by atoms with Gasteiger partial charge in [-0.1, -0.05) is 20.8 Å². The summed E-state index contributed by atoms with van der Waals surface area (Å²) in [6.45, 7) is 7.56. The van der Waals surface area contributed by atoms with Crippen molar-refractivity contribution in [2.75, 3.05) is 37.5 Å². The standard InChI is InChI=1S/C27H36FN3O3/c1-27(2,3)16-25(32)29-22-12-13-24(30(4)5)20(15-22)17-31(18-23-7-6-14-34-23)26(33)19-8-10-21(28)11-9-19/h8-13,15,23H,6-7,14,16-18H2,1-5H3,(H,29,32). The minimum Gasteiger partial charge on any atom is -0.377 e. The van der Waals surface area contributed by atoms with Crippen molar-refractivity contribution in [1.29, 1.82) is 0 Å². The van der Waals surface area contributed by atoms with Crippen LogP contribution in [0.5, 0.6) is 0 Å². The second-order valence-corrected chi connectivity index (χ2v) is 10.4. The fourth-order valence-electron chi connectivity index (χ4n) is 4.15. The third-order valence-electron chi connectivity index (χ3n) is 5.72. The molecule has 3 rings (SSSR count). The van der Waals surface area contributed by atoms with Crippen LogP contribution in [0.2, 0.25) is 0 Å². The van der Waals surface area contributed by atoms with E-state index in [1.807, 2.05) is 58.0 Å². The maximum atomic E-state index is 13.4. The molecule has 1 aliphatic heterocycles. The first-order chi connectivity index (χ1) is 16.0. The van der Waals surface area contributed by atoms with E-state index in [1.54, 1.807) is 4.90 Å². The molecule has 1 aliphatic rings. The molecule has 1 heterocycles. The van der Waals surface area contributed by atoms with Crippen molar-refractivity contribution >= 4 is 23.2 Å². The topological polar surface area (TPSA) is 61.9 Å². The smallest absolute Gasteiger partial charge is 0.254 e. The molecule has 1 N–H and O–H groups in total. The van der Waals surface area contributed by atoms with Gasteiger partial charge in [0.1, 0.15) is 5.82 Å². The van der Waals surface area contributed by atoms with Crippen molar-refractivity contribution in [2.24, 2.45) is 5.41 Å². The Morgan fingerprint density at radius 2 is 1.82 bits per heavy atom. The summed E-state index contributed by atoms with van der Waals surface area (Å²) in [5, 5.41) is 2.99. The van der Waals surface area contributed by atoms with Crippen LogP contribution in [0.3, 0.4) is 0 Å². The summed E-state index contributed by atoms with van der Waals surface area (Å²) in [6.07, 6.45) is 2.26. The first-order valence-electron chi connectivity index (χ1n) is 11.8.